The van der Waals surface area contributed by atoms with Gasteiger partial charge in [0.2, 0.25) is 0 Å². The van der Waals surface area contributed by atoms with Crippen molar-refractivity contribution in [2.45, 2.75) is 29.0 Å². The molecular formula is C26H23Br2N3O7. The number of halogens is 2. The van der Waals surface area contributed by atoms with Gasteiger partial charge in [0, 0.05) is 32.9 Å². The summed E-state index contributed by atoms with van der Waals surface area (Å²) in [4.78, 5) is 65.4. The van der Waals surface area contributed by atoms with Crippen molar-refractivity contribution in [1.29, 1.82) is 0 Å². The van der Waals surface area contributed by atoms with Gasteiger partial charge in [0.15, 0.2) is 5.78 Å². The third-order valence-electron chi connectivity index (χ3n) is 7.83. The SMILES string of the molecule is COc1ccc(C(=O)[C@H](C)N(C(=O)c2ccc([N+](=O)[O-])cc2)N2C(=O)[C@@H]3[C@H]4C[C@@H]([C@H](Br)[C@@H]4Br)[C@@H]3C2=O)cc1. The number of carbonyl (C=O) groups excluding carboxylic acids is 4. The maximum absolute atomic E-state index is 13.8. The highest BCUT2D eigenvalue weighted by molar-refractivity contribution is 9.12. The van der Waals surface area contributed by atoms with Crippen molar-refractivity contribution in [3.05, 3.63) is 69.8 Å². The normalized spacial score (nSPS) is 28.3. The van der Waals surface area contributed by atoms with Gasteiger partial charge in [0.1, 0.15) is 11.8 Å². The lowest BCUT2D eigenvalue weighted by molar-refractivity contribution is -0.384. The molecule has 1 saturated heterocycles. The second-order valence-corrected chi connectivity index (χ2v) is 11.8. The van der Waals surface area contributed by atoms with Gasteiger partial charge in [-0.1, -0.05) is 31.9 Å². The predicted octanol–water partition coefficient (Wildman–Crippen LogP) is 4.01. The number of Topliss-reactive ketones (excluding diaryl/α,β-unsaturated/α-hetero) is 1. The molecule has 38 heavy (non-hydrogen) atoms. The van der Waals surface area contributed by atoms with Crippen LogP contribution < -0.4 is 4.74 Å². The number of rotatable bonds is 7. The Balaban J connectivity index is 1.54. The fourth-order valence-corrected chi connectivity index (χ4v) is 7.82. The number of methoxy groups -OCH3 is 1. The lowest BCUT2D eigenvalue weighted by atomic mass is 9.81. The summed E-state index contributed by atoms with van der Waals surface area (Å²) in [6, 6.07) is 9.87. The van der Waals surface area contributed by atoms with E-state index in [2.05, 4.69) is 31.9 Å². The maximum Gasteiger partial charge on any atom is 0.273 e. The van der Waals surface area contributed by atoms with Crippen LogP contribution in [-0.2, 0) is 9.59 Å². The Hall–Kier alpha value is -3.12. The first-order chi connectivity index (χ1) is 18.1. The molecule has 12 heteroatoms. The van der Waals surface area contributed by atoms with Crippen LogP contribution >= 0.6 is 31.9 Å². The number of hydrogen-bond donors (Lipinski definition) is 0. The van der Waals surface area contributed by atoms with Crippen molar-refractivity contribution in [2.24, 2.45) is 23.7 Å². The number of nitro groups is 1. The number of non-ortho nitro benzene ring substituents is 1. The number of fused-ring (bicyclic) bond motifs is 5. The molecule has 3 aliphatic rings. The average molecular weight is 649 g/mol. The van der Waals surface area contributed by atoms with Crippen LogP contribution in [0.15, 0.2) is 48.5 Å². The molecule has 5 rings (SSSR count). The van der Waals surface area contributed by atoms with Crippen LogP contribution in [0.3, 0.4) is 0 Å². The van der Waals surface area contributed by atoms with E-state index in [1.165, 1.54) is 26.2 Å². The van der Waals surface area contributed by atoms with E-state index in [0.717, 1.165) is 22.2 Å². The first-order valence-corrected chi connectivity index (χ1v) is 13.8. The number of benzene rings is 2. The van der Waals surface area contributed by atoms with E-state index in [0.29, 0.717) is 12.2 Å². The standard InChI is InChI=1S/C26H23Br2N3O7/c1-12(23(32)13-5-9-16(38-2)10-6-13)29(24(33)14-3-7-15(8-4-14)31(36)37)30-25(34)19-17-11-18(20(19)26(30)35)22(28)21(17)27/h3-10,12,17-22H,11H2,1-2H3/t12-,17+,18+,19-,20+,21-,22+/m0/s1. The van der Waals surface area contributed by atoms with Crippen molar-refractivity contribution in [3.8, 4) is 5.75 Å². The number of carbonyl (C=O) groups is 4. The van der Waals surface area contributed by atoms with Gasteiger partial charge in [0.25, 0.3) is 23.4 Å². The summed E-state index contributed by atoms with van der Waals surface area (Å²) >= 11 is 7.30. The molecule has 1 heterocycles. The van der Waals surface area contributed by atoms with Gasteiger partial charge in [-0.05, 0) is 61.6 Å². The zero-order valence-electron chi connectivity index (χ0n) is 20.3. The number of amides is 3. The molecule has 3 amide bonds. The van der Waals surface area contributed by atoms with Crippen LogP contribution in [0.4, 0.5) is 5.69 Å². The summed E-state index contributed by atoms with van der Waals surface area (Å²) in [6.45, 7) is 1.46. The van der Waals surface area contributed by atoms with Crippen LogP contribution in [0.25, 0.3) is 0 Å². The van der Waals surface area contributed by atoms with E-state index in [1.54, 1.807) is 24.3 Å². The molecule has 0 radical (unpaired) electrons. The van der Waals surface area contributed by atoms with E-state index < -0.39 is 46.3 Å². The van der Waals surface area contributed by atoms with Gasteiger partial charge in [-0.25, -0.2) is 5.01 Å². The number of hydrazine groups is 1. The minimum Gasteiger partial charge on any atom is -0.497 e. The summed E-state index contributed by atoms with van der Waals surface area (Å²) in [7, 11) is 1.49. The fourth-order valence-electron chi connectivity index (χ4n) is 5.95. The third-order valence-corrected chi connectivity index (χ3v) is 11.0. The summed E-state index contributed by atoms with van der Waals surface area (Å²) in [5.74, 6) is -3.12. The molecule has 2 aliphatic carbocycles. The smallest absolute Gasteiger partial charge is 0.273 e. The van der Waals surface area contributed by atoms with Gasteiger partial charge in [-0.15, -0.1) is 0 Å². The molecule has 2 bridgehead atoms. The van der Waals surface area contributed by atoms with E-state index in [9.17, 15) is 29.3 Å². The highest BCUT2D eigenvalue weighted by Crippen LogP contribution is 2.60. The molecule has 198 valence electrons. The van der Waals surface area contributed by atoms with Crippen molar-refractivity contribution in [2.75, 3.05) is 7.11 Å². The van der Waals surface area contributed by atoms with E-state index in [-0.39, 0.29) is 38.3 Å². The highest BCUT2D eigenvalue weighted by atomic mass is 79.9. The number of ketones is 1. The average Bonchev–Trinajstić information content (AvgIpc) is 3.54. The monoisotopic (exact) mass is 647 g/mol. The fraction of sp³-hybridized carbons (Fsp3) is 0.385. The quantitative estimate of drug-likeness (QED) is 0.146. The molecule has 3 fully saturated rings. The second-order valence-electron chi connectivity index (χ2n) is 9.71. The number of nitrogens with zero attached hydrogens (tertiary/aromatic N) is 3. The molecule has 0 spiro atoms. The number of nitro benzene ring substituents is 1. The molecule has 1 aliphatic heterocycles. The van der Waals surface area contributed by atoms with Gasteiger partial charge >= 0.3 is 0 Å². The molecule has 7 atom stereocenters. The number of imide groups is 1. The van der Waals surface area contributed by atoms with Crippen LogP contribution in [0.2, 0.25) is 0 Å². The zero-order valence-corrected chi connectivity index (χ0v) is 23.5. The Morgan fingerprint density at radius 3 is 1.95 bits per heavy atom. The van der Waals surface area contributed by atoms with Crippen LogP contribution in [0.5, 0.6) is 5.75 Å². The minimum atomic E-state index is -1.23. The van der Waals surface area contributed by atoms with Gasteiger partial charge in [-0.2, -0.15) is 5.01 Å². The minimum absolute atomic E-state index is 0.00217. The summed E-state index contributed by atoms with van der Waals surface area (Å²) < 4.78 is 5.15. The first kappa shape index (κ1) is 26.5. The van der Waals surface area contributed by atoms with Gasteiger partial charge in [0.05, 0.1) is 23.9 Å². The molecule has 2 aromatic rings. The first-order valence-electron chi connectivity index (χ1n) is 12.0. The predicted molar refractivity (Wildman–Crippen MR) is 142 cm³/mol. The molecule has 0 unspecified atom stereocenters. The maximum atomic E-state index is 13.8. The largest absolute Gasteiger partial charge is 0.497 e. The number of ether oxygens (including phenoxy) is 1. The Morgan fingerprint density at radius 2 is 1.47 bits per heavy atom. The zero-order chi connectivity index (χ0) is 27.5. The van der Waals surface area contributed by atoms with Crippen LogP contribution in [0.1, 0.15) is 34.1 Å². The molecular weight excluding hydrogens is 626 g/mol. The Kier molecular flexibility index (Phi) is 6.89. The van der Waals surface area contributed by atoms with E-state index in [1.807, 2.05) is 0 Å². The van der Waals surface area contributed by atoms with Gasteiger partial charge in [-0.3, -0.25) is 29.3 Å². The molecule has 0 aromatic heterocycles. The molecule has 10 nitrogen and oxygen atoms in total. The summed E-state index contributed by atoms with van der Waals surface area (Å²) in [5, 5.41) is 12.9. The van der Waals surface area contributed by atoms with Crippen LogP contribution in [0, 0.1) is 33.8 Å². The van der Waals surface area contributed by atoms with E-state index >= 15 is 0 Å². The Labute approximate surface area is 234 Å². The van der Waals surface area contributed by atoms with Crippen molar-refractivity contribution in [3.63, 3.8) is 0 Å². The van der Waals surface area contributed by atoms with Crippen molar-refractivity contribution < 1.29 is 28.8 Å². The highest BCUT2D eigenvalue weighted by Gasteiger charge is 2.68. The molecule has 2 aromatic carbocycles. The Bertz CT molecular complexity index is 1300. The Morgan fingerprint density at radius 1 is 0.974 bits per heavy atom. The van der Waals surface area contributed by atoms with Crippen molar-refractivity contribution >= 4 is 61.1 Å². The molecule has 0 N–H and O–H groups in total. The number of alkyl halides is 2. The van der Waals surface area contributed by atoms with Crippen molar-refractivity contribution in [1.82, 2.24) is 10.0 Å². The summed E-state index contributed by atoms with van der Waals surface area (Å²) in [6.07, 6.45) is 0.711. The lowest BCUT2D eigenvalue weighted by Gasteiger charge is -2.35. The second kappa shape index (κ2) is 9.88. The van der Waals surface area contributed by atoms with Gasteiger partial charge < -0.3 is 4.74 Å². The topological polar surface area (TPSA) is 127 Å². The van der Waals surface area contributed by atoms with Crippen LogP contribution in [-0.4, -0.2) is 61.3 Å². The third kappa shape index (κ3) is 4.05. The molecule has 2 saturated carbocycles. The number of hydrogen-bond acceptors (Lipinski definition) is 7. The summed E-state index contributed by atoms with van der Waals surface area (Å²) in [5.41, 5.74) is 0.0455. The lowest BCUT2D eigenvalue weighted by Crippen LogP contribution is -2.56. The van der Waals surface area contributed by atoms with E-state index in [4.69, 9.17) is 4.74 Å².